The number of amides is 1. The van der Waals surface area contributed by atoms with Crippen LogP contribution in [0.5, 0.6) is 0 Å². The number of carbonyl (C=O) groups excluding carboxylic acids is 1. The summed E-state index contributed by atoms with van der Waals surface area (Å²) in [5, 5.41) is 28.1. The van der Waals surface area contributed by atoms with Gasteiger partial charge < -0.3 is 26.1 Å². The van der Waals surface area contributed by atoms with Gasteiger partial charge in [0.05, 0.1) is 5.54 Å². The van der Waals surface area contributed by atoms with E-state index in [0.29, 0.717) is 31.5 Å². The summed E-state index contributed by atoms with van der Waals surface area (Å²) in [7, 11) is 0. The molecule has 0 aliphatic heterocycles. The van der Waals surface area contributed by atoms with Crippen LogP contribution in [0.25, 0.3) is 0 Å². The molecule has 1 saturated carbocycles. The van der Waals surface area contributed by atoms with Crippen LogP contribution in [0, 0.1) is 16.0 Å². The molecule has 0 radical (unpaired) electrons. The van der Waals surface area contributed by atoms with Crippen molar-refractivity contribution >= 4 is 17.8 Å². The van der Waals surface area contributed by atoms with Crippen LogP contribution in [0.4, 0.5) is 0 Å². The van der Waals surface area contributed by atoms with E-state index in [9.17, 15) is 24.5 Å². The first-order valence-corrected chi connectivity index (χ1v) is 8.45. The minimum absolute atomic E-state index is 0.125. The van der Waals surface area contributed by atoms with E-state index in [1.165, 1.54) is 0 Å². The number of carbonyl (C=O) groups is 3. The Morgan fingerprint density at radius 2 is 1.74 bits per heavy atom. The van der Waals surface area contributed by atoms with Gasteiger partial charge in [-0.2, -0.15) is 0 Å². The van der Waals surface area contributed by atoms with E-state index >= 15 is 0 Å². The Morgan fingerprint density at radius 1 is 1.22 bits per heavy atom. The van der Waals surface area contributed by atoms with Crippen molar-refractivity contribution in [1.29, 1.82) is 0 Å². The van der Waals surface area contributed by atoms with Gasteiger partial charge in [0, 0.05) is 18.7 Å². The number of nitrogens with two attached hydrogens (primary N) is 1. The monoisotopic (exact) mass is 389 g/mol. The maximum atomic E-state index is 11.6. The van der Waals surface area contributed by atoms with Crippen LogP contribution >= 0.6 is 0 Å². The third-order valence-electron chi connectivity index (χ3n) is 3.82. The van der Waals surface area contributed by atoms with Gasteiger partial charge in [-0.3, -0.25) is 4.79 Å². The molecule has 2 atom stereocenters. The van der Waals surface area contributed by atoms with E-state index in [-0.39, 0.29) is 17.9 Å². The number of aliphatic carboxylic acids is 2. The normalized spacial score (nSPS) is 19.5. The second kappa shape index (κ2) is 11.8. The summed E-state index contributed by atoms with van der Waals surface area (Å²) in [4.78, 5) is 45.8. The fourth-order valence-electron chi connectivity index (χ4n) is 2.49. The third-order valence-corrected chi connectivity index (χ3v) is 3.82. The van der Waals surface area contributed by atoms with Crippen molar-refractivity contribution in [1.82, 2.24) is 5.32 Å². The average molecular weight is 389 g/mol. The third kappa shape index (κ3) is 12.3. The van der Waals surface area contributed by atoms with Crippen molar-refractivity contribution in [2.24, 2.45) is 11.7 Å². The fourth-order valence-corrected chi connectivity index (χ4v) is 2.49. The highest BCUT2D eigenvalue weighted by molar-refractivity contribution is 5.89. The number of carboxylic acid groups (broad SMARTS) is 2. The molecule has 154 valence electrons. The number of hydrogen-bond donors (Lipinski definition) is 4. The Morgan fingerprint density at radius 3 is 2.19 bits per heavy atom. The molecule has 1 aliphatic rings. The Hall–Kier alpha value is -2.69. The lowest BCUT2D eigenvalue weighted by Gasteiger charge is -2.30. The van der Waals surface area contributed by atoms with Gasteiger partial charge in [-0.15, -0.1) is 10.1 Å². The predicted octanol–water partition coefficient (Wildman–Crippen LogP) is 0.709. The van der Waals surface area contributed by atoms with Crippen molar-refractivity contribution in [3.8, 4) is 0 Å². The highest BCUT2D eigenvalue weighted by Crippen LogP contribution is 2.29. The first kappa shape index (κ1) is 24.3. The summed E-state index contributed by atoms with van der Waals surface area (Å²) >= 11 is 0. The lowest BCUT2D eigenvalue weighted by molar-refractivity contribution is -0.771. The molecule has 1 amide bonds. The summed E-state index contributed by atoms with van der Waals surface area (Å²) < 4.78 is 0. The summed E-state index contributed by atoms with van der Waals surface area (Å²) in [6, 6.07) is 0. The smallest absolute Gasteiger partial charge is 0.328 e. The maximum Gasteiger partial charge on any atom is 0.328 e. The van der Waals surface area contributed by atoms with E-state index in [1.54, 1.807) is 13.8 Å². The Kier molecular flexibility index (Phi) is 10.7. The molecule has 2 unspecified atom stereocenters. The van der Waals surface area contributed by atoms with Crippen molar-refractivity contribution in [2.75, 3.05) is 6.54 Å². The van der Waals surface area contributed by atoms with Gasteiger partial charge in [0.25, 0.3) is 5.09 Å². The molecule has 11 heteroatoms. The number of nitrogens with one attached hydrogen (secondary N) is 1. The average Bonchev–Trinajstić information content (AvgIpc) is 2.53. The Bertz CT molecular complexity index is 540. The molecule has 1 rings (SSSR count). The SMILES string of the molecule is CC(C)(N)C(=O)NCCC1CCCCC1O[N+](=O)[O-].O=C(O)C=CC(=O)O. The first-order valence-electron chi connectivity index (χ1n) is 8.45. The van der Waals surface area contributed by atoms with E-state index in [4.69, 9.17) is 20.8 Å². The van der Waals surface area contributed by atoms with E-state index in [0.717, 1.165) is 19.3 Å². The molecule has 0 bridgehead atoms. The van der Waals surface area contributed by atoms with Gasteiger partial charge >= 0.3 is 11.9 Å². The zero-order valence-electron chi connectivity index (χ0n) is 15.4. The standard InChI is InChI=1S/C12H23N3O4.C4H4O4/c1-12(2,13)11(16)14-8-7-9-5-3-4-6-10(9)19-15(17)18;5-3(6)1-2-4(7)8/h9-10H,3-8,13H2,1-2H3,(H,14,16);1-2H,(H,5,6)(H,7,8). The number of hydrogen-bond acceptors (Lipinski definition) is 7. The van der Waals surface area contributed by atoms with Gasteiger partial charge in [-0.1, -0.05) is 12.8 Å². The molecule has 0 aromatic rings. The molecular weight excluding hydrogens is 362 g/mol. The van der Waals surface area contributed by atoms with Crippen LogP contribution in [0.15, 0.2) is 12.2 Å². The molecule has 1 aliphatic carbocycles. The Balaban J connectivity index is 0.000000713. The quantitative estimate of drug-likeness (QED) is 0.264. The topological polar surface area (TPSA) is 182 Å². The Labute approximate surface area is 156 Å². The van der Waals surface area contributed by atoms with Crippen molar-refractivity contribution in [2.45, 2.75) is 57.6 Å². The van der Waals surface area contributed by atoms with E-state index in [1.807, 2.05) is 0 Å². The van der Waals surface area contributed by atoms with Crippen molar-refractivity contribution < 1.29 is 34.5 Å². The molecule has 0 saturated heterocycles. The van der Waals surface area contributed by atoms with Crippen LogP contribution in [0.2, 0.25) is 0 Å². The summed E-state index contributed by atoms with van der Waals surface area (Å²) in [5.74, 6) is -2.60. The zero-order chi connectivity index (χ0) is 21.0. The number of nitrogens with zero attached hydrogens (tertiary/aromatic N) is 1. The van der Waals surface area contributed by atoms with E-state index < -0.39 is 22.6 Å². The van der Waals surface area contributed by atoms with Crippen LogP contribution in [0.1, 0.15) is 46.0 Å². The van der Waals surface area contributed by atoms with Crippen LogP contribution < -0.4 is 11.1 Å². The molecule has 0 spiro atoms. The van der Waals surface area contributed by atoms with Gasteiger partial charge in [-0.05, 0) is 39.0 Å². The second-order valence-electron chi connectivity index (χ2n) is 6.69. The van der Waals surface area contributed by atoms with Crippen LogP contribution in [-0.4, -0.2) is 51.3 Å². The molecule has 0 heterocycles. The van der Waals surface area contributed by atoms with Gasteiger partial charge in [0.1, 0.15) is 6.10 Å². The summed E-state index contributed by atoms with van der Waals surface area (Å²) in [5.41, 5.74) is 4.77. The largest absolute Gasteiger partial charge is 0.478 e. The molecule has 0 aromatic heterocycles. The molecule has 1 fully saturated rings. The number of carboxylic acids is 2. The van der Waals surface area contributed by atoms with E-state index in [2.05, 4.69) is 5.32 Å². The van der Waals surface area contributed by atoms with Crippen molar-refractivity contribution in [3.05, 3.63) is 22.3 Å². The number of rotatable bonds is 8. The predicted molar refractivity (Wildman–Crippen MR) is 94.1 cm³/mol. The van der Waals surface area contributed by atoms with Gasteiger partial charge in [-0.25, -0.2) is 9.59 Å². The lowest BCUT2D eigenvalue weighted by Crippen LogP contribution is -2.49. The van der Waals surface area contributed by atoms with Gasteiger partial charge in [0.15, 0.2) is 0 Å². The molecular formula is C16H27N3O8. The highest BCUT2D eigenvalue weighted by Gasteiger charge is 2.28. The first-order chi connectivity index (χ1) is 12.4. The maximum absolute atomic E-state index is 11.6. The molecule has 0 aromatic carbocycles. The fraction of sp³-hybridized carbons (Fsp3) is 0.688. The summed E-state index contributed by atoms with van der Waals surface area (Å²) in [6.07, 6.45) is 5.08. The van der Waals surface area contributed by atoms with Gasteiger partial charge in [0.2, 0.25) is 5.91 Å². The van der Waals surface area contributed by atoms with Crippen LogP contribution in [-0.2, 0) is 19.2 Å². The second-order valence-corrected chi connectivity index (χ2v) is 6.69. The van der Waals surface area contributed by atoms with Crippen molar-refractivity contribution in [3.63, 3.8) is 0 Å². The molecule has 11 nitrogen and oxygen atoms in total. The minimum atomic E-state index is -1.26. The summed E-state index contributed by atoms with van der Waals surface area (Å²) in [6.45, 7) is 3.75. The lowest BCUT2D eigenvalue weighted by atomic mass is 9.84. The zero-order valence-corrected chi connectivity index (χ0v) is 15.4. The van der Waals surface area contributed by atoms with Crippen LogP contribution in [0.3, 0.4) is 0 Å². The molecule has 5 N–H and O–H groups in total. The minimum Gasteiger partial charge on any atom is -0.478 e. The molecule has 27 heavy (non-hydrogen) atoms. The highest BCUT2D eigenvalue weighted by atomic mass is 17.0.